The molecule has 1 aliphatic heterocycles. The number of sulfonamides is 1. The van der Waals surface area contributed by atoms with E-state index < -0.39 is 10.0 Å². The monoisotopic (exact) mass is 393 g/mol. The Labute approximate surface area is 158 Å². The van der Waals surface area contributed by atoms with Crippen molar-refractivity contribution in [1.29, 1.82) is 0 Å². The molecule has 1 fully saturated rings. The van der Waals surface area contributed by atoms with Crippen molar-refractivity contribution in [2.24, 2.45) is 0 Å². The van der Waals surface area contributed by atoms with Crippen LogP contribution in [0.25, 0.3) is 0 Å². The van der Waals surface area contributed by atoms with Gasteiger partial charge in [-0.2, -0.15) is 4.31 Å². The number of hydrogen-bond acceptors (Lipinski definition) is 5. The summed E-state index contributed by atoms with van der Waals surface area (Å²) in [5.41, 5.74) is 2.80. The molecule has 0 unspecified atom stereocenters. The number of hydrogen-bond donors (Lipinski definition) is 0. The van der Waals surface area contributed by atoms with Crippen molar-refractivity contribution in [1.82, 2.24) is 14.2 Å². The third kappa shape index (κ3) is 3.97. The van der Waals surface area contributed by atoms with Crippen LogP contribution in [0.3, 0.4) is 0 Å². The third-order valence-corrected chi connectivity index (χ3v) is 7.42. The molecule has 0 atom stereocenters. The van der Waals surface area contributed by atoms with Crippen molar-refractivity contribution in [2.45, 2.75) is 32.1 Å². The van der Waals surface area contributed by atoms with Crippen LogP contribution in [0.5, 0.6) is 0 Å². The smallest absolute Gasteiger partial charge is 0.243 e. The van der Waals surface area contributed by atoms with Gasteiger partial charge >= 0.3 is 0 Å². The van der Waals surface area contributed by atoms with Gasteiger partial charge in [0.15, 0.2) is 0 Å². The highest BCUT2D eigenvalue weighted by Gasteiger charge is 2.30. The maximum Gasteiger partial charge on any atom is 0.243 e. The summed E-state index contributed by atoms with van der Waals surface area (Å²) in [6.45, 7) is 7.23. The van der Waals surface area contributed by atoms with Crippen LogP contribution in [0.2, 0.25) is 0 Å². The van der Waals surface area contributed by atoms with E-state index in [2.05, 4.69) is 4.98 Å². The molecule has 1 saturated heterocycles. The number of rotatable bonds is 4. The summed E-state index contributed by atoms with van der Waals surface area (Å²) >= 11 is 1.53. The molecule has 1 aromatic heterocycles. The van der Waals surface area contributed by atoms with Crippen LogP contribution in [-0.2, 0) is 21.2 Å². The number of amides is 1. The molecule has 2 aromatic rings. The van der Waals surface area contributed by atoms with Crippen LogP contribution in [-0.4, -0.2) is 54.7 Å². The molecule has 6 nitrogen and oxygen atoms in total. The number of nitrogens with zero attached hydrogens (tertiary/aromatic N) is 3. The highest BCUT2D eigenvalue weighted by Crippen LogP contribution is 2.21. The van der Waals surface area contributed by atoms with Gasteiger partial charge in [0.05, 0.1) is 22.0 Å². The number of aryl methyl sites for hydroxylation is 3. The zero-order chi connectivity index (χ0) is 18.9. The second kappa shape index (κ2) is 7.46. The molecule has 0 bridgehead atoms. The quantitative estimate of drug-likeness (QED) is 0.798. The molecule has 1 aliphatic rings. The van der Waals surface area contributed by atoms with Crippen LogP contribution in [0.1, 0.15) is 21.8 Å². The Bertz CT molecular complexity index is 914. The van der Waals surface area contributed by atoms with Gasteiger partial charge in [-0.1, -0.05) is 6.07 Å². The van der Waals surface area contributed by atoms with E-state index in [0.717, 1.165) is 21.8 Å². The van der Waals surface area contributed by atoms with E-state index in [1.807, 2.05) is 32.2 Å². The summed E-state index contributed by atoms with van der Waals surface area (Å²) in [7, 11) is -3.52. The van der Waals surface area contributed by atoms with Gasteiger partial charge in [-0.3, -0.25) is 4.79 Å². The van der Waals surface area contributed by atoms with E-state index in [9.17, 15) is 13.2 Å². The van der Waals surface area contributed by atoms with E-state index >= 15 is 0 Å². The van der Waals surface area contributed by atoms with E-state index in [4.69, 9.17) is 0 Å². The Hall–Kier alpha value is -1.77. The first-order chi connectivity index (χ1) is 12.3. The highest BCUT2D eigenvalue weighted by atomic mass is 32.2. The number of carbonyl (C=O) groups excluding carboxylic acids is 1. The van der Waals surface area contributed by atoms with Crippen molar-refractivity contribution in [2.75, 3.05) is 26.2 Å². The van der Waals surface area contributed by atoms with Gasteiger partial charge in [0.1, 0.15) is 0 Å². The standard InChI is InChI=1S/C18H23N3O3S2/c1-13-4-5-17(10-14(13)2)26(23,24)21-8-6-20(7-9-21)18(22)11-16-12-25-15(3)19-16/h4-5,10,12H,6-9,11H2,1-3H3. The molecule has 0 radical (unpaired) electrons. The molecule has 0 aliphatic carbocycles. The molecular formula is C18H23N3O3S2. The molecule has 2 heterocycles. The Morgan fingerprint density at radius 3 is 2.38 bits per heavy atom. The summed E-state index contributed by atoms with van der Waals surface area (Å²) in [6.07, 6.45) is 0.272. The number of carbonyl (C=O) groups is 1. The third-order valence-electron chi connectivity index (χ3n) is 4.71. The van der Waals surface area contributed by atoms with E-state index in [1.165, 1.54) is 15.6 Å². The predicted octanol–water partition coefficient (Wildman–Crippen LogP) is 2.14. The number of thiazole rings is 1. The van der Waals surface area contributed by atoms with Gasteiger partial charge in [-0.05, 0) is 44.0 Å². The minimum Gasteiger partial charge on any atom is -0.340 e. The Balaban J connectivity index is 1.63. The number of piperazine rings is 1. The molecule has 0 saturated carbocycles. The van der Waals surface area contributed by atoms with Gasteiger partial charge in [-0.25, -0.2) is 13.4 Å². The predicted molar refractivity (Wildman–Crippen MR) is 102 cm³/mol. The molecule has 0 spiro atoms. The fourth-order valence-electron chi connectivity index (χ4n) is 2.96. The van der Waals surface area contributed by atoms with Crippen molar-refractivity contribution in [3.63, 3.8) is 0 Å². The Morgan fingerprint density at radius 2 is 1.81 bits per heavy atom. The summed E-state index contributed by atoms with van der Waals surface area (Å²) < 4.78 is 27.1. The first-order valence-corrected chi connectivity index (χ1v) is 10.9. The van der Waals surface area contributed by atoms with Crippen LogP contribution in [0.4, 0.5) is 0 Å². The average molecular weight is 394 g/mol. The second-order valence-electron chi connectivity index (χ2n) is 6.57. The van der Waals surface area contributed by atoms with Crippen LogP contribution in [0.15, 0.2) is 28.5 Å². The average Bonchev–Trinajstić information content (AvgIpc) is 3.02. The SMILES string of the molecule is Cc1nc(CC(=O)N2CCN(S(=O)(=O)c3ccc(C)c(C)c3)CC2)cs1. The van der Waals surface area contributed by atoms with Gasteiger partial charge < -0.3 is 4.90 Å². The van der Waals surface area contributed by atoms with Gasteiger partial charge in [0.2, 0.25) is 15.9 Å². The lowest BCUT2D eigenvalue weighted by Gasteiger charge is -2.34. The first-order valence-electron chi connectivity index (χ1n) is 8.53. The van der Waals surface area contributed by atoms with Crippen LogP contribution < -0.4 is 0 Å². The second-order valence-corrected chi connectivity index (χ2v) is 9.57. The van der Waals surface area contributed by atoms with Gasteiger partial charge in [0, 0.05) is 31.6 Å². The van der Waals surface area contributed by atoms with Crippen LogP contribution >= 0.6 is 11.3 Å². The maximum absolute atomic E-state index is 12.8. The number of aromatic nitrogens is 1. The Kier molecular flexibility index (Phi) is 5.45. The van der Waals surface area contributed by atoms with Gasteiger partial charge in [0.25, 0.3) is 0 Å². The molecule has 26 heavy (non-hydrogen) atoms. The summed E-state index contributed by atoms with van der Waals surface area (Å²) in [4.78, 5) is 18.8. The van der Waals surface area contributed by atoms with E-state index in [-0.39, 0.29) is 12.3 Å². The Morgan fingerprint density at radius 1 is 1.12 bits per heavy atom. The summed E-state index contributed by atoms with van der Waals surface area (Å²) in [5.74, 6) is -0.00136. The topological polar surface area (TPSA) is 70.6 Å². The van der Waals surface area contributed by atoms with Gasteiger partial charge in [-0.15, -0.1) is 11.3 Å². The number of benzene rings is 1. The lowest BCUT2D eigenvalue weighted by atomic mass is 10.1. The van der Waals surface area contributed by atoms with Crippen molar-refractivity contribution in [3.05, 3.63) is 45.4 Å². The fraction of sp³-hybridized carbons (Fsp3) is 0.444. The van der Waals surface area contributed by atoms with E-state index in [0.29, 0.717) is 31.1 Å². The van der Waals surface area contributed by atoms with Crippen molar-refractivity contribution in [3.8, 4) is 0 Å². The maximum atomic E-state index is 12.8. The zero-order valence-corrected chi connectivity index (χ0v) is 16.9. The molecule has 3 rings (SSSR count). The zero-order valence-electron chi connectivity index (χ0n) is 15.2. The first kappa shape index (κ1) is 19.0. The molecule has 8 heteroatoms. The molecule has 1 aromatic carbocycles. The minimum atomic E-state index is -3.52. The highest BCUT2D eigenvalue weighted by molar-refractivity contribution is 7.89. The molecule has 140 valence electrons. The van der Waals surface area contributed by atoms with E-state index in [1.54, 1.807) is 17.0 Å². The largest absolute Gasteiger partial charge is 0.340 e. The molecule has 0 N–H and O–H groups in total. The molecular weight excluding hydrogens is 370 g/mol. The fourth-order valence-corrected chi connectivity index (χ4v) is 5.08. The van der Waals surface area contributed by atoms with Crippen molar-refractivity contribution < 1.29 is 13.2 Å². The summed E-state index contributed by atoms with van der Waals surface area (Å²) in [6, 6.07) is 5.20. The minimum absolute atomic E-state index is 0.00136. The normalized spacial score (nSPS) is 16.0. The van der Waals surface area contributed by atoms with Crippen LogP contribution in [0, 0.1) is 20.8 Å². The molecule has 1 amide bonds. The van der Waals surface area contributed by atoms with Crippen molar-refractivity contribution >= 4 is 27.3 Å². The lowest BCUT2D eigenvalue weighted by molar-refractivity contribution is -0.131. The summed E-state index contributed by atoms with van der Waals surface area (Å²) in [5, 5.41) is 2.84. The lowest BCUT2D eigenvalue weighted by Crippen LogP contribution is -2.50.